The second-order valence-electron chi connectivity index (χ2n) is 7.17. The van der Waals surface area contributed by atoms with Gasteiger partial charge >= 0.3 is 0 Å². The first-order chi connectivity index (χ1) is 15.0. The summed E-state index contributed by atoms with van der Waals surface area (Å²) < 4.78 is 1.96. The van der Waals surface area contributed by atoms with Crippen LogP contribution in [0.3, 0.4) is 0 Å². The SMILES string of the molecule is CCCNc1nc2ccccn2c(=O)c1C=C1SC(=S)N(C(C)c2ccccc2)C1=O. The molecule has 8 heteroatoms. The number of nitrogens with zero attached hydrogens (tertiary/aromatic N) is 3. The van der Waals surface area contributed by atoms with E-state index in [-0.39, 0.29) is 17.5 Å². The summed E-state index contributed by atoms with van der Waals surface area (Å²) >= 11 is 6.72. The zero-order valence-corrected chi connectivity index (χ0v) is 18.9. The molecule has 4 rings (SSSR count). The summed E-state index contributed by atoms with van der Waals surface area (Å²) in [5.41, 5.74) is 1.67. The van der Waals surface area contributed by atoms with E-state index in [9.17, 15) is 9.59 Å². The maximum absolute atomic E-state index is 13.2. The van der Waals surface area contributed by atoms with Gasteiger partial charge in [-0.15, -0.1) is 0 Å². The summed E-state index contributed by atoms with van der Waals surface area (Å²) in [6, 6.07) is 14.9. The Morgan fingerprint density at radius 2 is 1.90 bits per heavy atom. The second-order valence-corrected chi connectivity index (χ2v) is 8.85. The molecule has 1 unspecified atom stereocenters. The molecule has 1 N–H and O–H groups in total. The smallest absolute Gasteiger partial charge is 0.267 e. The predicted octanol–water partition coefficient (Wildman–Crippen LogP) is 4.48. The standard InChI is InChI=1S/C23H22N4O2S2/c1-3-12-24-20-17(21(28)26-13-8-7-11-19(26)25-20)14-18-22(29)27(23(30)31-18)15(2)16-9-5-4-6-10-16/h4-11,13-15,24H,3,12H2,1-2H3. The van der Waals surface area contributed by atoms with Gasteiger partial charge in [0.2, 0.25) is 0 Å². The van der Waals surface area contributed by atoms with Crippen molar-refractivity contribution in [3.8, 4) is 0 Å². The highest BCUT2D eigenvalue weighted by molar-refractivity contribution is 8.26. The van der Waals surface area contributed by atoms with Crippen LogP contribution in [0.4, 0.5) is 5.82 Å². The number of aromatic nitrogens is 2. The number of pyridine rings is 1. The molecule has 0 aliphatic carbocycles. The highest BCUT2D eigenvalue weighted by atomic mass is 32.2. The summed E-state index contributed by atoms with van der Waals surface area (Å²) in [5, 5.41) is 3.22. The number of amides is 1. The molecule has 1 atom stereocenters. The molecule has 1 amide bonds. The number of hydrogen-bond donors (Lipinski definition) is 1. The van der Waals surface area contributed by atoms with E-state index in [2.05, 4.69) is 10.3 Å². The van der Waals surface area contributed by atoms with Crippen molar-refractivity contribution in [1.29, 1.82) is 0 Å². The lowest BCUT2D eigenvalue weighted by molar-refractivity contribution is -0.123. The zero-order chi connectivity index (χ0) is 22.0. The van der Waals surface area contributed by atoms with E-state index in [1.807, 2.05) is 50.2 Å². The Morgan fingerprint density at radius 1 is 1.16 bits per heavy atom. The predicted molar refractivity (Wildman–Crippen MR) is 130 cm³/mol. The highest BCUT2D eigenvalue weighted by Crippen LogP contribution is 2.38. The van der Waals surface area contributed by atoms with E-state index in [0.29, 0.717) is 32.8 Å². The van der Waals surface area contributed by atoms with Crippen molar-refractivity contribution in [3.05, 3.63) is 81.1 Å². The molecule has 6 nitrogen and oxygen atoms in total. The van der Waals surface area contributed by atoms with Gasteiger partial charge in [0.25, 0.3) is 11.5 Å². The minimum atomic E-state index is -0.231. The van der Waals surface area contributed by atoms with Crippen molar-refractivity contribution in [2.45, 2.75) is 26.3 Å². The van der Waals surface area contributed by atoms with Gasteiger partial charge in [-0.25, -0.2) is 4.98 Å². The van der Waals surface area contributed by atoms with Gasteiger partial charge in [-0.1, -0.05) is 67.3 Å². The first-order valence-electron chi connectivity index (χ1n) is 10.1. The Kier molecular flexibility index (Phi) is 6.20. The molecule has 158 valence electrons. The monoisotopic (exact) mass is 450 g/mol. The molecule has 1 aliphatic heterocycles. The van der Waals surface area contributed by atoms with Crippen LogP contribution in [0.5, 0.6) is 0 Å². The largest absolute Gasteiger partial charge is 0.369 e. The lowest BCUT2D eigenvalue weighted by atomic mass is 10.1. The van der Waals surface area contributed by atoms with Crippen LogP contribution in [0, 0.1) is 0 Å². The molecular formula is C23H22N4O2S2. The van der Waals surface area contributed by atoms with E-state index in [0.717, 1.165) is 12.0 Å². The minimum Gasteiger partial charge on any atom is -0.369 e. The highest BCUT2D eigenvalue weighted by Gasteiger charge is 2.36. The Morgan fingerprint density at radius 3 is 2.65 bits per heavy atom. The average Bonchev–Trinajstić information content (AvgIpc) is 3.07. The number of nitrogens with one attached hydrogen (secondary N) is 1. The summed E-state index contributed by atoms with van der Waals surface area (Å²) in [7, 11) is 0. The number of rotatable bonds is 6. The van der Waals surface area contributed by atoms with Gasteiger partial charge in [0.05, 0.1) is 16.5 Å². The number of anilines is 1. The lowest BCUT2D eigenvalue weighted by Gasteiger charge is -2.23. The molecular weight excluding hydrogens is 428 g/mol. The molecule has 1 saturated heterocycles. The Labute approximate surface area is 190 Å². The van der Waals surface area contributed by atoms with Crippen LogP contribution in [0.15, 0.2) is 64.4 Å². The van der Waals surface area contributed by atoms with Crippen LogP contribution in [0.1, 0.15) is 37.4 Å². The van der Waals surface area contributed by atoms with Crippen LogP contribution in [-0.4, -0.2) is 31.1 Å². The summed E-state index contributed by atoms with van der Waals surface area (Å²) in [6.07, 6.45) is 4.17. The molecule has 1 aromatic carbocycles. The second kappa shape index (κ2) is 9.03. The molecule has 1 aliphatic rings. The summed E-state index contributed by atoms with van der Waals surface area (Å²) in [4.78, 5) is 33.1. The molecule has 3 aromatic rings. The molecule has 0 bridgehead atoms. The molecule has 2 aromatic heterocycles. The minimum absolute atomic E-state index is 0.201. The maximum Gasteiger partial charge on any atom is 0.267 e. The van der Waals surface area contributed by atoms with Crippen molar-refractivity contribution < 1.29 is 4.79 Å². The lowest BCUT2D eigenvalue weighted by Crippen LogP contribution is -2.31. The van der Waals surface area contributed by atoms with Crippen molar-refractivity contribution in [1.82, 2.24) is 14.3 Å². The van der Waals surface area contributed by atoms with Crippen LogP contribution in [0.25, 0.3) is 11.7 Å². The Balaban J connectivity index is 1.76. The van der Waals surface area contributed by atoms with Gasteiger partial charge in [-0.3, -0.25) is 18.9 Å². The zero-order valence-electron chi connectivity index (χ0n) is 17.2. The fraction of sp³-hybridized carbons (Fsp3) is 0.217. The molecule has 0 saturated carbocycles. The van der Waals surface area contributed by atoms with Gasteiger partial charge in [0, 0.05) is 12.7 Å². The summed E-state index contributed by atoms with van der Waals surface area (Å²) in [6.45, 7) is 4.66. The van der Waals surface area contributed by atoms with Gasteiger partial charge in [0.1, 0.15) is 15.8 Å². The maximum atomic E-state index is 13.2. The third kappa shape index (κ3) is 4.13. The number of carbonyl (C=O) groups is 1. The number of thiocarbonyl (C=S) groups is 1. The number of benzene rings is 1. The molecule has 1 fully saturated rings. The quantitative estimate of drug-likeness (QED) is 0.441. The molecule has 3 heterocycles. The van der Waals surface area contributed by atoms with E-state index >= 15 is 0 Å². The van der Waals surface area contributed by atoms with Crippen molar-refractivity contribution in [2.75, 3.05) is 11.9 Å². The Bertz CT molecular complexity index is 1240. The van der Waals surface area contributed by atoms with Crippen LogP contribution < -0.4 is 10.9 Å². The van der Waals surface area contributed by atoms with E-state index in [1.165, 1.54) is 16.2 Å². The van der Waals surface area contributed by atoms with Gasteiger partial charge in [-0.2, -0.15) is 0 Å². The van der Waals surface area contributed by atoms with Gasteiger partial charge in [-0.05, 0) is 37.1 Å². The first kappa shape index (κ1) is 21.3. The van der Waals surface area contributed by atoms with Crippen LogP contribution in [-0.2, 0) is 4.79 Å². The molecule has 0 radical (unpaired) electrons. The Hall–Kier alpha value is -2.97. The number of thioether (sulfide) groups is 1. The number of hydrogen-bond acceptors (Lipinski definition) is 6. The number of fused-ring (bicyclic) bond motifs is 1. The van der Waals surface area contributed by atoms with Crippen LogP contribution >= 0.6 is 24.0 Å². The normalized spacial score (nSPS) is 16.3. The first-order valence-corrected chi connectivity index (χ1v) is 11.3. The average molecular weight is 451 g/mol. The van der Waals surface area contributed by atoms with Gasteiger partial charge < -0.3 is 5.32 Å². The van der Waals surface area contributed by atoms with E-state index in [1.54, 1.807) is 29.3 Å². The summed E-state index contributed by atoms with van der Waals surface area (Å²) in [5.74, 6) is 0.268. The molecule has 31 heavy (non-hydrogen) atoms. The van der Waals surface area contributed by atoms with Crippen molar-refractivity contribution >= 4 is 51.7 Å². The third-order valence-electron chi connectivity index (χ3n) is 5.08. The van der Waals surface area contributed by atoms with Crippen LogP contribution in [0.2, 0.25) is 0 Å². The van der Waals surface area contributed by atoms with Crippen molar-refractivity contribution in [3.63, 3.8) is 0 Å². The fourth-order valence-electron chi connectivity index (χ4n) is 3.44. The van der Waals surface area contributed by atoms with E-state index < -0.39 is 0 Å². The molecule has 0 spiro atoms. The van der Waals surface area contributed by atoms with E-state index in [4.69, 9.17) is 12.2 Å². The van der Waals surface area contributed by atoms with Gasteiger partial charge in [0.15, 0.2) is 0 Å². The van der Waals surface area contributed by atoms with Crippen molar-refractivity contribution in [2.24, 2.45) is 0 Å². The number of carbonyl (C=O) groups excluding carboxylic acids is 1. The fourth-order valence-corrected chi connectivity index (χ4v) is 4.84. The third-order valence-corrected chi connectivity index (χ3v) is 6.41. The topological polar surface area (TPSA) is 66.7 Å².